The molecule has 0 aromatic heterocycles. The molecule has 0 aromatic rings. The lowest BCUT2D eigenvalue weighted by Crippen LogP contribution is -2.56. The van der Waals surface area contributed by atoms with Crippen molar-refractivity contribution < 1.29 is 84.7 Å². The van der Waals surface area contributed by atoms with E-state index in [2.05, 4.69) is 0 Å². The zero-order valence-electron chi connectivity index (χ0n) is 37.1. The predicted octanol–water partition coefficient (Wildman–Crippen LogP) is 1.77. The highest BCUT2D eigenvalue weighted by Crippen LogP contribution is 2.38. The molecule has 11 N–H and O–H groups in total. The molecule has 17 heteroatoms. The smallest absolute Gasteiger partial charge is 0.311 e. The van der Waals surface area contributed by atoms with Crippen LogP contribution in [0, 0.1) is 17.8 Å². The Hall–Kier alpha value is -3.40. The molecule has 3 aliphatic heterocycles. The van der Waals surface area contributed by atoms with Gasteiger partial charge in [-0.1, -0.05) is 98.9 Å². The van der Waals surface area contributed by atoms with E-state index in [4.69, 9.17) is 18.9 Å². The fourth-order valence-electron chi connectivity index (χ4n) is 7.85. The molecular weight excluding hydrogens is 837 g/mol. The van der Waals surface area contributed by atoms with Crippen LogP contribution in [0.1, 0.15) is 85.5 Å². The van der Waals surface area contributed by atoms with Crippen molar-refractivity contribution in [3.8, 4) is 0 Å². The summed E-state index contributed by atoms with van der Waals surface area (Å²) in [5.41, 5.74) is 0. The molecule has 0 radical (unpaired) electrons. The molecule has 2 fully saturated rings. The van der Waals surface area contributed by atoms with Gasteiger partial charge in [-0.3, -0.25) is 9.59 Å². The number of esters is 1. The molecule has 0 aromatic carbocycles. The second kappa shape index (κ2) is 27.3. The van der Waals surface area contributed by atoms with Gasteiger partial charge in [-0.05, 0) is 33.1 Å². The van der Waals surface area contributed by atoms with Crippen molar-refractivity contribution in [3.05, 3.63) is 85.1 Å². The number of aliphatic hydroxyl groups excluding tert-OH is 9. The topological polar surface area (TPSA) is 294 Å². The molecule has 0 amide bonds. The average molecular weight is 909 g/mol. The fourth-order valence-corrected chi connectivity index (χ4v) is 7.85. The minimum absolute atomic E-state index is 0.0532. The minimum Gasteiger partial charge on any atom is -0.481 e. The third-order valence-corrected chi connectivity index (χ3v) is 11.8. The van der Waals surface area contributed by atoms with Crippen molar-refractivity contribution in [2.45, 2.75) is 177 Å². The number of carboxylic acids is 1. The van der Waals surface area contributed by atoms with Crippen LogP contribution in [-0.2, 0) is 28.5 Å². The third-order valence-electron chi connectivity index (χ3n) is 11.8. The van der Waals surface area contributed by atoms with Gasteiger partial charge in [0.1, 0.15) is 18.1 Å². The molecule has 2 unspecified atom stereocenters. The van der Waals surface area contributed by atoms with Gasteiger partial charge in [0.05, 0.1) is 73.6 Å². The summed E-state index contributed by atoms with van der Waals surface area (Å²) in [6, 6.07) is 0. The summed E-state index contributed by atoms with van der Waals surface area (Å²) in [5.74, 6) is -6.74. The lowest BCUT2D eigenvalue weighted by molar-refractivity contribution is -0.307. The van der Waals surface area contributed by atoms with Gasteiger partial charge >= 0.3 is 11.9 Å². The largest absolute Gasteiger partial charge is 0.481 e. The number of aliphatic hydroxyl groups is 10. The highest BCUT2D eigenvalue weighted by molar-refractivity contribution is 5.71. The number of hydrogen-bond donors (Lipinski definition) is 11. The van der Waals surface area contributed by atoms with Crippen molar-refractivity contribution in [1.82, 2.24) is 0 Å². The first-order valence-corrected chi connectivity index (χ1v) is 22.1. The highest BCUT2D eigenvalue weighted by Gasteiger charge is 2.50. The van der Waals surface area contributed by atoms with Gasteiger partial charge in [-0.2, -0.15) is 0 Å². The lowest BCUT2D eigenvalue weighted by Gasteiger charge is -2.45. The van der Waals surface area contributed by atoms with E-state index < -0.39 is 141 Å². The molecule has 362 valence electrons. The number of fused-ring (bicyclic) bond motifs is 2. The summed E-state index contributed by atoms with van der Waals surface area (Å²) < 4.78 is 23.2. The number of ether oxygens (including phenoxy) is 4. The number of carbonyl (C=O) groups excluding carboxylic acids is 1. The van der Waals surface area contributed by atoms with Gasteiger partial charge in [-0.15, -0.1) is 0 Å². The Balaban J connectivity index is 1.84. The number of rotatable bonds is 3. The Morgan fingerprint density at radius 2 is 1.20 bits per heavy atom. The number of hydrogen-bond acceptors (Lipinski definition) is 16. The van der Waals surface area contributed by atoms with Crippen LogP contribution in [0.2, 0.25) is 0 Å². The third kappa shape index (κ3) is 18.8. The van der Waals surface area contributed by atoms with E-state index in [0.717, 1.165) is 0 Å². The maximum absolute atomic E-state index is 12.6. The monoisotopic (exact) mass is 908 g/mol. The zero-order valence-corrected chi connectivity index (χ0v) is 37.1. The van der Waals surface area contributed by atoms with Crippen molar-refractivity contribution in [2.24, 2.45) is 17.8 Å². The fraction of sp³-hybridized carbons (Fsp3) is 0.660. The summed E-state index contributed by atoms with van der Waals surface area (Å²) in [7, 11) is 0. The average Bonchev–Trinajstić information content (AvgIpc) is 3.19. The molecule has 2 saturated heterocycles. The minimum atomic E-state index is -2.30. The number of cyclic esters (lactones) is 1. The molecule has 2 bridgehead atoms. The van der Waals surface area contributed by atoms with Gasteiger partial charge in [-0.25, -0.2) is 0 Å². The van der Waals surface area contributed by atoms with E-state index in [9.17, 15) is 65.8 Å². The van der Waals surface area contributed by atoms with Crippen molar-refractivity contribution in [3.63, 3.8) is 0 Å². The Kier molecular flexibility index (Phi) is 23.4. The van der Waals surface area contributed by atoms with Crippen molar-refractivity contribution in [2.75, 3.05) is 0 Å². The summed E-state index contributed by atoms with van der Waals surface area (Å²) in [4.78, 5) is 25.0. The molecule has 3 rings (SSSR count). The summed E-state index contributed by atoms with van der Waals surface area (Å²) in [5, 5.41) is 118. The van der Waals surface area contributed by atoms with Crippen LogP contribution < -0.4 is 0 Å². The Bertz CT molecular complexity index is 1630. The van der Waals surface area contributed by atoms with Gasteiger partial charge in [0.25, 0.3) is 0 Å². The maximum Gasteiger partial charge on any atom is 0.311 e. The number of carboxylic acid groups (broad SMARTS) is 1. The Labute approximate surface area is 375 Å². The van der Waals surface area contributed by atoms with Crippen molar-refractivity contribution in [1.29, 1.82) is 0 Å². The van der Waals surface area contributed by atoms with Gasteiger partial charge in [0.15, 0.2) is 12.1 Å². The molecule has 3 heterocycles. The van der Waals surface area contributed by atoms with Gasteiger partial charge < -0.3 is 75.1 Å². The van der Waals surface area contributed by atoms with Crippen LogP contribution in [0.4, 0.5) is 0 Å². The second-order valence-electron chi connectivity index (χ2n) is 17.4. The summed E-state index contributed by atoms with van der Waals surface area (Å²) in [6.45, 7) is 6.82. The van der Waals surface area contributed by atoms with E-state index in [0.29, 0.717) is 0 Å². The molecule has 64 heavy (non-hydrogen) atoms. The van der Waals surface area contributed by atoms with Crippen LogP contribution in [0.15, 0.2) is 85.1 Å². The second-order valence-corrected chi connectivity index (χ2v) is 17.4. The van der Waals surface area contributed by atoms with Gasteiger partial charge in [0.2, 0.25) is 0 Å². The number of allylic oxidation sites excluding steroid dienone is 12. The predicted molar refractivity (Wildman–Crippen MR) is 234 cm³/mol. The van der Waals surface area contributed by atoms with Crippen LogP contribution in [0.3, 0.4) is 0 Å². The van der Waals surface area contributed by atoms with E-state index >= 15 is 0 Å². The molecule has 18 atom stereocenters. The molecule has 3 aliphatic rings. The Morgan fingerprint density at radius 3 is 1.80 bits per heavy atom. The van der Waals surface area contributed by atoms with Gasteiger partial charge in [0, 0.05) is 43.9 Å². The van der Waals surface area contributed by atoms with Crippen LogP contribution >= 0.6 is 0 Å². The molecule has 0 saturated carbocycles. The molecule has 17 nitrogen and oxygen atoms in total. The SMILES string of the molecule is C[C@@H]1[C@H](O)[C@@H](C)/C=C/C=C/C=C/C=C/C=C/C=C/C=C/[C@H](OC2O[C@H](C)[C@@H](O)C[C@H]2O)C[C@@H]2OC(O)(C[C@@H](O)C[C@@H](O)[C@H](O)CC[C@@H](O)C[C@@H](O)CC(=O)O[C@H]1C)C[C@H](O)[C@H]2C(=O)O. The first-order chi connectivity index (χ1) is 30.2. The first-order valence-electron chi connectivity index (χ1n) is 22.1. The normalized spacial score (nSPS) is 44.8. The Morgan fingerprint density at radius 1 is 0.625 bits per heavy atom. The molecule has 0 spiro atoms. The van der Waals surface area contributed by atoms with E-state index in [-0.39, 0.29) is 38.0 Å². The zero-order chi connectivity index (χ0) is 47.6. The first kappa shape index (κ1) is 54.9. The maximum atomic E-state index is 12.6. The van der Waals surface area contributed by atoms with Crippen LogP contribution in [-0.4, -0.2) is 160 Å². The summed E-state index contributed by atoms with van der Waals surface area (Å²) >= 11 is 0. The van der Waals surface area contributed by atoms with Crippen LogP contribution in [0.5, 0.6) is 0 Å². The molecule has 0 aliphatic carbocycles. The van der Waals surface area contributed by atoms with Crippen LogP contribution in [0.25, 0.3) is 0 Å². The lowest BCUT2D eigenvalue weighted by atomic mass is 9.82. The quantitative estimate of drug-likeness (QED) is 0.180. The van der Waals surface area contributed by atoms with Crippen molar-refractivity contribution >= 4 is 11.9 Å². The summed E-state index contributed by atoms with van der Waals surface area (Å²) in [6.07, 6.45) is 4.72. The number of aliphatic carboxylic acids is 1. The standard InChI is InChI=1S/C47H72O17/c1-28-17-15-13-11-9-7-5-6-8-10-12-14-16-18-35(63-46-39(54)25-37(52)31(4)62-46)24-41-43(45(58)59)40(55)27-47(60,64-41)26-34(50)22-38(53)36(51)20-19-32(48)21-33(49)23-42(56)61-30(3)29(2)44(28)57/h5-18,28-41,43-44,46,48-55,57,60H,19-27H2,1-4H3,(H,58,59)/b6-5+,9-7+,10-8+,13-11+,14-12+,17-15+,18-16+/t28-,29-,30-,31+,32+,33+,34-,35-,36+,37-,38+,39+,40-,41-,43+,44+,46?,47?/m0/s1. The van der Waals surface area contributed by atoms with E-state index in [1.807, 2.05) is 37.3 Å². The highest BCUT2D eigenvalue weighted by atomic mass is 16.7. The van der Waals surface area contributed by atoms with E-state index in [1.165, 1.54) is 0 Å². The van der Waals surface area contributed by atoms with E-state index in [1.54, 1.807) is 75.5 Å². The molecular formula is C47H72O17. The number of carbonyl (C=O) groups is 2.